The fourth-order valence-electron chi connectivity index (χ4n) is 0.585. The lowest BCUT2D eigenvalue weighted by molar-refractivity contribution is 1.28. The first-order valence-corrected chi connectivity index (χ1v) is 2.82. The Balaban J connectivity index is 2.51. The average molecular weight is 105 g/mol. The SMILES string of the molecule is [CH]1\C=C/C=C\C=C/C1. The minimum absolute atomic E-state index is 1.06. The molecule has 0 aliphatic heterocycles. The third-order valence-electron chi connectivity index (χ3n) is 0.989. The summed E-state index contributed by atoms with van der Waals surface area (Å²) in [4.78, 5) is 0. The molecule has 0 fully saturated rings. The van der Waals surface area contributed by atoms with Gasteiger partial charge in [-0.3, -0.25) is 0 Å². The highest BCUT2D eigenvalue weighted by molar-refractivity contribution is 5.17. The van der Waals surface area contributed by atoms with Gasteiger partial charge >= 0.3 is 0 Å². The maximum absolute atomic E-state index is 2.12. The quantitative estimate of drug-likeness (QED) is 0.443. The van der Waals surface area contributed by atoms with Crippen LogP contribution in [0.1, 0.15) is 6.42 Å². The molecule has 1 rings (SSSR count). The van der Waals surface area contributed by atoms with Crippen molar-refractivity contribution in [2.45, 2.75) is 6.42 Å². The summed E-state index contributed by atoms with van der Waals surface area (Å²) in [5.74, 6) is 0. The third kappa shape index (κ3) is 1.78. The van der Waals surface area contributed by atoms with Gasteiger partial charge in [-0.15, -0.1) is 0 Å². The van der Waals surface area contributed by atoms with E-state index in [9.17, 15) is 0 Å². The van der Waals surface area contributed by atoms with Crippen LogP contribution in [0.5, 0.6) is 0 Å². The second-order valence-electron chi connectivity index (χ2n) is 1.67. The number of allylic oxidation sites excluding steroid dienone is 6. The van der Waals surface area contributed by atoms with Crippen molar-refractivity contribution in [1.29, 1.82) is 0 Å². The first-order valence-electron chi connectivity index (χ1n) is 2.82. The molecule has 0 aromatic rings. The minimum atomic E-state index is 1.06. The second kappa shape index (κ2) is 3.25. The lowest BCUT2D eigenvalue weighted by atomic mass is 10.2. The Kier molecular flexibility index (Phi) is 2.18. The van der Waals surface area contributed by atoms with E-state index in [0.717, 1.165) is 6.42 Å². The minimum Gasteiger partial charge on any atom is -0.0839 e. The summed E-state index contributed by atoms with van der Waals surface area (Å²) in [5.41, 5.74) is 0. The van der Waals surface area contributed by atoms with E-state index in [-0.39, 0.29) is 0 Å². The van der Waals surface area contributed by atoms with Gasteiger partial charge < -0.3 is 0 Å². The van der Waals surface area contributed by atoms with Gasteiger partial charge in [-0.05, 0) is 12.8 Å². The van der Waals surface area contributed by atoms with Gasteiger partial charge in [0.05, 0.1) is 0 Å². The average Bonchev–Trinajstić information content (AvgIpc) is 1.62. The zero-order chi connectivity index (χ0) is 5.66. The van der Waals surface area contributed by atoms with Crippen molar-refractivity contribution >= 4 is 0 Å². The van der Waals surface area contributed by atoms with E-state index in [4.69, 9.17) is 0 Å². The summed E-state index contributed by atoms with van der Waals surface area (Å²) < 4.78 is 0. The molecule has 0 N–H and O–H groups in total. The van der Waals surface area contributed by atoms with E-state index in [2.05, 4.69) is 24.6 Å². The van der Waals surface area contributed by atoms with E-state index in [1.165, 1.54) is 0 Å². The van der Waals surface area contributed by atoms with E-state index in [1.807, 2.05) is 18.2 Å². The molecule has 0 spiro atoms. The summed E-state index contributed by atoms with van der Waals surface area (Å²) in [5, 5.41) is 0. The fourth-order valence-corrected chi connectivity index (χ4v) is 0.585. The lowest BCUT2D eigenvalue weighted by Gasteiger charge is -1.85. The Morgan fingerprint density at radius 1 is 0.750 bits per heavy atom. The van der Waals surface area contributed by atoms with Gasteiger partial charge in [0.2, 0.25) is 0 Å². The third-order valence-corrected chi connectivity index (χ3v) is 0.989. The highest BCUT2D eigenvalue weighted by Crippen LogP contribution is 1.95. The molecule has 41 valence electrons. The normalized spacial score (nSPS) is 30.0. The van der Waals surface area contributed by atoms with Crippen LogP contribution in [-0.2, 0) is 0 Å². The maximum Gasteiger partial charge on any atom is -0.0130 e. The molecule has 0 amide bonds. The molecule has 1 aliphatic rings. The van der Waals surface area contributed by atoms with Crippen LogP contribution in [-0.4, -0.2) is 0 Å². The molecular formula is C8H9. The van der Waals surface area contributed by atoms with Crippen LogP contribution in [0.4, 0.5) is 0 Å². The molecule has 8 heavy (non-hydrogen) atoms. The summed E-state index contributed by atoms with van der Waals surface area (Å²) in [7, 11) is 0. The Labute approximate surface area is 50.2 Å². The van der Waals surface area contributed by atoms with E-state index in [0.29, 0.717) is 0 Å². The van der Waals surface area contributed by atoms with Crippen LogP contribution in [0, 0.1) is 6.42 Å². The van der Waals surface area contributed by atoms with Crippen molar-refractivity contribution in [1.82, 2.24) is 0 Å². The van der Waals surface area contributed by atoms with Gasteiger partial charge in [-0.25, -0.2) is 0 Å². The van der Waals surface area contributed by atoms with Gasteiger partial charge in [-0.1, -0.05) is 36.5 Å². The first-order chi connectivity index (χ1) is 4.00. The summed E-state index contributed by atoms with van der Waals surface area (Å²) in [6, 6.07) is 0. The first kappa shape index (κ1) is 5.36. The summed E-state index contributed by atoms with van der Waals surface area (Å²) in [6.45, 7) is 0. The van der Waals surface area contributed by atoms with Crippen molar-refractivity contribution in [2.24, 2.45) is 0 Å². The molecule has 0 heterocycles. The Morgan fingerprint density at radius 3 is 2.50 bits per heavy atom. The molecule has 0 nitrogen and oxygen atoms in total. The van der Waals surface area contributed by atoms with Crippen molar-refractivity contribution in [2.75, 3.05) is 0 Å². The number of hydrogen-bond acceptors (Lipinski definition) is 0. The van der Waals surface area contributed by atoms with E-state index in [1.54, 1.807) is 0 Å². The van der Waals surface area contributed by atoms with Crippen LogP contribution in [0.3, 0.4) is 0 Å². The highest BCUT2D eigenvalue weighted by atomic mass is 13.8. The molecule has 1 radical (unpaired) electrons. The zero-order valence-electron chi connectivity index (χ0n) is 4.75. The van der Waals surface area contributed by atoms with Crippen LogP contribution in [0.25, 0.3) is 0 Å². The molecule has 0 aromatic carbocycles. The fraction of sp³-hybridized carbons (Fsp3) is 0.125. The van der Waals surface area contributed by atoms with Gasteiger partial charge in [0.15, 0.2) is 0 Å². The van der Waals surface area contributed by atoms with E-state index >= 15 is 0 Å². The smallest absolute Gasteiger partial charge is 0.0130 e. The molecule has 1 aliphatic carbocycles. The van der Waals surface area contributed by atoms with Crippen LogP contribution in [0.15, 0.2) is 36.5 Å². The summed E-state index contributed by atoms with van der Waals surface area (Å²) >= 11 is 0. The van der Waals surface area contributed by atoms with Gasteiger partial charge in [0.1, 0.15) is 0 Å². The molecule has 0 saturated carbocycles. The molecular weight excluding hydrogens is 96.1 g/mol. The Bertz CT molecular complexity index is 111. The van der Waals surface area contributed by atoms with Gasteiger partial charge in [-0.2, -0.15) is 0 Å². The van der Waals surface area contributed by atoms with Crippen LogP contribution >= 0.6 is 0 Å². The molecule has 0 heteroatoms. The van der Waals surface area contributed by atoms with Gasteiger partial charge in [0.25, 0.3) is 0 Å². The number of rotatable bonds is 0. The largest absolute Gasteiger partial charge is 0.0839 e. The topological polar surface area (TPSA) is 0 Å². The Morgan fingerprint density at radius 2 is 1.50 bits per heavy atom. The van der Waals surface area contributed by atoms with Crippen LogP contribution < -0.4 is 0 Å². The Hall–Kier alpha value is -0.780. The molecule has 0 saturated heterocycles. The number of hydrogen-bond donors (Lipinski definition) is 0. The highest BCUT2D eigenvalue weighted by Gasteiger charge is 1.76. The predicted molar refractivity (Wildman–Crippen MR) is 36.3 cm³/mol. The predicted octanol–water partition coefficient (Wildman–Crippen LogP) is 2.26. The van der Waals surface area contributed by atoms with Crippen molar-refractivity contribution in [3.63, 3.8) is 0 Å². The van der Waals surface area contributed by atoms with Crippen molar-refractivity contribution in [3.05, 3.63) is 42.9 Å². The summed E-state index contributed by atoms with van der Waals surface area (Å²) in [6.07, 6.45) is 15.5. The molecule has 0 aromatic heterocycles. The molecule has 0 unspecified atom stereocenters. The van der Waals surface area contributed by atoms with E-state index < -0.39 is 0 Å². The van der Waals surface area contributed by atoms with Crippen molar-refractivity contribution < 1.29 is 0 Å². The molecule has 0 atom stereocenters. The second-order valence-corrected chi connectivity index (χ2v) is 1.67. The zero-order valence-corrected chi connectivity index (χ0v) is 4.75. The van der Waals surface area contributed by atoms with Gasteiger partial charge in [0, 0.05) is 0 Å². The monoisotopic (exact) mass is 105 g/mol. The van der Waals surface area contributed by atoms with Crippen molar-refractivity contribution in [3.8, 4) is 0 Å². The standard InChI is InChI=1S/C8H9/c1-2-4-6-8-7-5-3-1/h1-7H,8H2/b2-1-,5-3-,6-4-. The molecule has 0 bridgehead atoms. The lowest BCUT2D eigenvalue weighted by Crippen LogP contribution is -1.67. The maximum atomic E-state index is 2.12. The van der Waals surface area contributed by atoms with Crippen LogP contribution in [0.2, 0.25) is 0 Å².